The monoisotopic (exact) mass is 334 g/mol. The van der Waals surface area contributed by atoms with Crippen LogP contribution >= 0.6 is 11.3 Å². The predicted octanol–water partition coefficient (Wildman–Crippen LogP) is 3.16. The van der Waals surface area contributed by atoms with Gasteiger partial charge in [-0.25, -0.2) is 4.79 Å². The highest BCUT2D eigenvalue weighted by Gasteiger charge is 2.17. The highest BCUT2D eigenvalue weighted by atomic mass is 32.1. The SMILES string of the molecule is COCCN(Cc1ccsc1)C(=O)Nc1ccc2c(c1)OCO2. The van der Waals surface area contributed by atoms with Gasteiger partial charge in [-0.1, -0.05) is 0 Å². The van der Waals surface area contributed by atoms with Gasteiger partial charge >= 0.3 is 6.03 Å². The van der Waals surface area contributed by atoms with Crippen LogP contribution in [0.5, 0.6) is 11.5 Å². The highest BCUT2D eigenvalue weighted by molar-refractivity contribution is 7.07. The maximum absolute atomic E-state index is 12.5. The minimum absolute atomic E-state index is 0.174. The van der Waals surface area contributed by atoms with Crippen LogP contribution in [0.3, 0.4) is 0 Å². The summed E-state index contributed by atoms with van der Waals surface area (Å²) in [6.07, 6.45) is 0. The molecule has 2 amide bonds. The lowest BCUT2D eigenvalue weighted by Crippen LogP contribution is -2.36. The molecule has 0 unspecified atom stereocenters. The van der Waals surface area contributed by atoms with Gasteiger partial charge in [-0.15, -0.1) is 0 Å². The summed E-state index contributed by atoms with van der Waals surface area (Å²) < 4.78 is 15.7. The molecule has 0 atom stereocenters. The van der Waals surface area contributed by atoms with Crippen molar-refractivity contribution in [1.29, 1.82) is 0 Å². The Kier molecular flexibility index (Phi) is 4.99. The number of amides is 2. The van der Waals surface area contributed by atoms with Gasteiger partial charge in [0.05, 0.1) is 6.61 Å². The number of nitrogens with zero attached hydrogens (tertiary/aromatic N) is 1. The second-order valence-electron chi connectivity index (χ2n) is 5.04. The van der Waals surface area contributed by atoms with Gasteiger partial charge in [0.1, 0.15) is 0 Å². The van der Waals surface area contributed by atoms with Crippen molar-refractivity contribution in [3.05, 3.63) is 40.6 Å². The number of fused-ring (bicyclic) bond motifs is 1. The summed E-state index contributed by atoms with van der Waals surface area (Å²) in [5, 5.41) is 6.93. The maximum atomic E-state index is 12.5. The van der Waals surface area contributed by atoms with Crippen molar-refractivity contribution in [1.82, 2.24) is 4.90 Å². The quantitative estimate of drug-likeness (QED) is 0.881. The van der Waals surface area contributed by atoms with Gasteiger partial charge in [-0.2, -0.15) is 11.3 Å². The number of benzene rings is 1. The van der Waals surface area contributed by atoms with E-state index in [1.807, 2.05) is 16.8 Å². The van der Waals surface area contributed by atoms with Crippen LogP contribution in [-0.2, 0) is 11.3 Å². The Morgan fingerprint density at radius 1 is 1.35 bits per heavy atom. The highest BCUT2D eigenvalue weighted by Crippen LogP contribution is 2.34. The molecule has 1 N–H and O–H groups in total. The number of ether oxygens (including phenoxy) is 3. The molecule has 0 bridgehead atoms. The summed E-state index contributed by atoms with van der Waals surface area (Å²) in [7, 11) is 1.62. The van der Waals surface area contributed by atoms with E-state index in [4.69, 9.17) is 14.2 Å². The number of hydrogen-bond acceptors (Lipinski definition) is 5. The fourth-order valence-corrected chi connectivity index (χ4v) is 2.89. The minimum Gasteiger partial charge on any atom is -0.454 e. The van der Waals surface area contributed by atoms with Gasteiger partial charge in [-0.05, 0) is 34.5 Å². The summed E-state index contributed by atoms with van der Waals surface area (Å²) in [5.41, 5.74) is 1.78. The largest absolute Gasteiger partial charge is 0.454 e. The van der Waals surface area contributed by atoms with Gasteiger partial charge in [0, 0.05) is 32.0 Å². The van der Waals surface area contributed by atoms with E-state index in [1.54, 1.807) is 41.5 Å². The topological polar surface area (TPSA) is 60.0 Å². The third-order valence-electron chi connectivity index (χ3n) is 3.43. The van der Waals surface area contributed by atoms with Crippen molar-refractivity contribution in [3.8, 4) is 11.5 Å². The molecular weight excluding hydrogens is 316 g/mol. The number of nitrogens with one attached hydrogen (secondary N) is 1. The van der Waals surface area contributed by atoms with Crippen molar-refractivity contribution in [3.63, 3.8) is 0 Å². The lowest BCUT2D eigenvalue weighted by Gasteiger charge is -2.22. The molecule has 23 heavy (non-hydrogen) atoms. The third-order valence-corrected chi connectivity index (χ3v) is 4.16. The van der Waals surface area contributed by atoms with E-state index < -0.39 is 0 Å². The number of carbonyl (C=O) groups is 1. The van der Waals surface area contributed by atoms with E-state index in [0.29, 0.717) is 36.9 Å². The lowest BCUT2D eigenvalue weighted by atomic mass is 10.2. The number of rotatable bonds is 6. The number of carbonyl (C=O) groups excluding carboxylic acids is 1. The van der Waals surface area contributed by atoms with E-state index in [-0.39, 0.29) is 12.8 Å². The Balaban J connectivity index is 1.67. The van der Waals surface area contributed by atoms with E-state index in [0.717, 1.165) is 5.56 Å². The molecule has 1 aromatic heterocycles. The molecular formula is C16H18N2O4S. The molecule has 1 aromatic carbocycles. The zero-order chi connectivity index (χ0) is 16.1. The zero-order valence-electron chi connectivity index (χ0n) is 12.8. The lowest BCUT2D eigenvalue weighted by molar-refractivity contribution is 0.153. The summed E-state index contributed by atoms with van der Waals surface area (Å²) in [6.45, 7) is 1.76. The smallest absolute Gasteiger partial charge is 0.322 e. The standard InChI is InChI=1S/C16H18N2O4S/c1-20-6-5-18(9-12-4-7-23-10-12)16(19)17-13-2-3-14-15(8-13)22-11-21-14/h2-4,7-8,10H,5-6,9,11H2,1H3,(H,17,19). The van der Waals surface area contributed by atoms with E-state index in [1.165, 1.54) is 0 Å². The average Bonchev–Trinajstić information content (AvgIpc) is 3.22. The first-order valence-electron chi connectivity index (χ1n) is 7.22. The van der Waals surface area contributed by atoms with E-state index in [2.05, 4.69) is 5.32 Å². The normalized spacial score (nSPS) is 12.2. The summed E-state index contributed by atoms with van der Waals surface area (Å²) in [5.74, 6) is 1.33. The fraction of sp³-hybridized carbons (Fsp3) is 0.312. The molecule has 7 heteroatoms. The van der Waals surface area contributed by atoms with Gasteiger partial charge in [0.15, 0.2) is 11.5 Å². The van der Waals surface area contributed by atoms with Crippen molar-refractivity contribution in [2.45, 2.75) is 6.54 Å². The number of hydrogen-bond donors (Lipinski definition) is 1. The Hall–Kier alpha value is -2.25. The van der Waals surface area contributed by atoms with Crippen molar-refractivity contribution in [2.24, 2.45) is 0 Å². The van der Waals surface area contributed by atoms with Crippen LogP contribution in [0.4, 0.5) is 10.5 Å². The van der Waals surface area contributed by atoms with Crippen molar-refractivity contribution < 1.29 is 19.0 Å². The van der Waals surface area contributed by atoms with Crippen molar-refractivity contribution in [2.75, 3.05) is 32.4 Å². The average molecular weight is 334 g/mol. The summed E-state index contributed by atoms with van der Waals surface area (Å²) >= 11 is 1.61. The van der Waals surface area contributed by atoms with Gasteiger partial charge in [0.2, 0.25) is 6.79 Å². The molecule has 0 aliphatic carbocycles. The van der Waals surface area contributed by atoms with Crippen LogP contribution in [0.2, 0.25) is 0 Å². The Labute approximate surface area is 138 Å². The molecule has 0 saturated heterocycles. The van der Waals surface area contributed by atoms with Gasteiger partial charge < -0.3 is 24.4 Å². The molecule has 2 heterocycles. The second kappa shape index (κ2) is 7.34. The van der Waals surface area contributed by atoms with Crippen LogP contribution < -0.4 is 14.8 Å². The second-order valence-corrected chi connectivity index (χ2v) is 5.82. The fourth-order valence-electron chi connectivity index (χ4n) is 2.23. The predicted molar refractivity (Wildman–Crippen MR) is 88.2 cm³/mol. The van der Waals surface area contributed by atoms with Crippen LogP contribution in [-0.4, -0.2) is 38.0 Å². The number of methoxy groups -OCH3 is 1. The molecule has 0 fully saturated rings. The number of urea groups is 1. The maximum Gasteiger partial charge on any atom is 0.322 e. The molecule has 0 radical (unpaired) electrons. The molecule has 0 saturated carbocycles. The minimum atomic E-state index is -0.174. The van der Waals surface area contributed by atoms with Gasteiger partial charge in [0.25, 0.3) is 0 Å². The first-order valence-corrected chi connectivity index (χ1v) is 8.16. The molecule has 0 spiro atoms. The van der Waals surface area contributed by atoms with Crippen molar-refractivity contribution >= 4 is 23.1 Å². The molecule has 122 valence electrons. The first-order chi connectivity index (χ1) is 11.3. The Morgan fingerprint density at radius 2 is 2.22 bits per heavy atom. The Bertz CT molecular complexity index is 660. The zero-order valence-corrected chi connectivity index (χ0v) is 13.6. The molecule has 6 nitrogen and oxygen atoms in total. The third kappa shape index (κ3) is 3.94. The molecule has 2 aromatic rings. The summed E-state index contributed by atoms with van der Waals surface area (Å²) in [6, 6.07) is 7.19. The number of thiophene rings is 1. The molecule has 3 rings (SSSR count). The molecule has 1 aliphatic rings. The molecule has 1 aliphatic heterocycles. The van der Waals surface area contributed by atoms with Crippen LogP contribution in [0.15, 0.2) is 35.0 Å². The number of anilines is 1. The van der Waals surface area contributed by atoms with Crippen LogP contribution in [0.1, 0.15) is 5.56 Å². The van der Waals surface area contributed by atoms with Gasteiger partial charge in [-0.3, -0.25) is 0 Å². The summed E-state index contributed by atoms with van der Waals surface area (Å²) in [4.78, 5) is 14.3. The Morgan fingerprint density at radius 3 is 3.00 bits per heavy atom. The van der Waals surface area contributed by atoms with E-state index >= 15 is 0 Å². The van der Waals surface area contributed by atoms with Crippen LogP contribution in [0.25, 0.3) is 0 Å². The van der Waals surface area contributed by atoms with Crippen LogP contribution in [0, 0.1) is 0 Å². The van der Waals surface area contributed by atoms with E-state index in [9.17, 15) is 4.79 Å². The first kappa shape index (κ1) is 15.6.